The Hall–Kier alpha value is -2.71. The molecular weight excluding hydrogens is 410 g/mol. The summed E-state index contributed by atoms with van der Waals surface area (Å²) in [6.45, 7) is 0. The quantitative estimate of drug-likeness (QED) is 0.634. The van der Waals surface area contributed by atoms with Crippen LogP contribution in [0.15, 0.2) is 58.4 Å². The standard InChI is InChI=1S/C21H19NO5S2/c1-26-13-7-3-11(4-8-13)15-16(20(23)24)17(12-5-9-14(27-2)10-6-12)28-19-18(15)29-21(25)22-19/h3-10,15-17H,1-2H3,(H,22,25)(H,23,24). The van der Waals surface area contributed by atoms with Gasteiger partial charge in [0.2, 0.25) is 0 Å². The highest BCUT2D eigenvalue weighted by atomic mass is 32.2. The minimum absolute atomic E-state index is 0.180. The van der Waals surface area contributed by atoms with Gasteiger partial charge in [-0.2, -0.15) is 0 Å². The largest absolute Gasteiger partial charge is 0.497 e. The summed E-state index contributed by atoms with van der Waals surface area (Å²) in [5, 5.41) is 10.6. The molecule has 3 atom stereocenters. The van der Waals surface area contributed by atoms with Crippen molar-refractivity contribution in [3.8, 4) is 11.5 Å². The van der Waals surface area contributed by atoms with Crippen LogP contribution in [-0.2, 0) is 4.79 Å². The summed E-state index contributed by atoms with van der Waals surface area (Å²) < 4.78 is 10.5. The highest BCUT2D eigenvalue weighted by molar-refractivity contribution is 7.99. The number of fused-ring (bicyclic) bond motifs is 1. The van der Waals surface area contributed by atoms with E-state index in [1.54, 1.807) is 14.2 Å². The first-order valence-corrected chi connectivity index (χ1v) is 10.6. The van der Waals surface area contributed by atoms with Gasteiger partial charge in [0, 0.05) is 10.8 Å². The molecule has 150 valence electrons. The van der Waals surface area contributed by atoms with Crippen LogP contribution in [0.4, 0.5) is 0 Å². The fourth-order valence-corrected chi connectivity index (χ4v) is 6.27. The zero-order valence-electron chi connectivity index (χ0n) is 15.7. The van der Waals surface area contributed by atoms with Gasteiger partial charge >= 0.3 is 10.8 Å². The number of hydrogen-bond donors (Lipinski definition) is 2. The van der Waals surface area contributed by atoms with Crippen LogP contribution in [0.3, 0.4) is 0 Å². The number of aromatic nitrogens is 1. The van der Waals surface area contributed by atoms with Crippen LogP contribution < -0.4 is 14.3 Å². The number of ether oxygens (including phenoxy) is 2. The smallest absolute Gasteiger partial charge is 0.308 e. The van der Waals surface area contributed by atoms with E-state index in [9.17, 15) is 14.7 Å². The normalized spacial score (nSPS) is 20.7. The van der Waals surface area contributed by atoms with Crippen LogP contribution >= 0.6 is 23.1 Å². The van der Waals surface area contributed by atoms with Gasteiger partial charge < -0.3 is 19.6 Å². The SMILES string of the molecule is COc1ccc(C2Sc3[nH]c(=O)sc3C(c3ccc(OC)cc3)C2C(=O)O)cc1. The Balaban J connectivity index is 1.85. The van der Waals surface area contributed by atoms with Crippen molar-refractivity contribution < 1.29 is 19.4 Å². The Morgan fingerprint density at radius 2 is 1.52 bits per heavy atom. The Morgan fingerprint density at radius 1 is 0.966 bits per heavy atom. The predicted octanol–water partition coefficient (Wildman–Crippen LogP) is 4.13. The number of thiazole rings is 1. The maximum Gasteiger partial charge on any atom is 0.308 e. The summed E-state index contributed by atoms with van der Waals surface area (Å²) in [7, 11) is 3.18. The molecule has 0 amide bonds. The molecule has 0 fully saturated rings. The number of hydrogen-bond acceptors (Lipinski definition) is 6. The van der Waals surface area contributed by atoms with Crippen LogP contribution in [0.25, 0.3) is 0 Å². The first-order valence-electron chi connectivity index (χ1n) is 8.92. The lowest BCUT2D eigenvalue weighted by Gasteiger charge is -2.35. The molecule has 2 aromatic carbocycles. The molecule has 1 aromatic heterocycles. The van der Waals surface area contributed by atoms with Gasteiger partial charge in [-0.15, -0.1) is 0 Å². The average Bonchev–Trinajstić information content (AvgIpc) is 3.12. The third kappa shape index (κ3) is 3.65. The van der Waals surface area contributed by atoms with Crippen molar-refractivity contribution >= 4 is 29.1 Å². The van der Waals surface area contributed by atoms with Crippen molar-refractivity contribution in [1.82, 2.24) is 4.98 Å². The number of thioether (sulfide) groups is 1. The van der Waals surface area contributed by atoms with Crippen LogP contribution in [0, 0.1) is 5.92 Å². The van der Waals surface area contributed by atoms with E-state index in [2.05, 4.69) is 4.98 Å². The molecule has 1 aliphatic rings. The first kappa shape index (κ1) is 19.6. The van der Waals surface area contributed by atoms with Crippen molar-refractivity contribution in [3.63, 3.8) is 0 Å². The second-order valence-corrected chi connectivity index (χ2v) is 8.80. The number of aromatic amines is 1. The number of carboxylic acids is 1. The maximum absolute atomic E-state index is 12.4. The molecule has 0 saturated carbocycles. The van der Waals surface area contributed by atoms with Gasteiger partial charge in [0.05, 0.1) is 30.4 Å². The van der Waals surface area contributed by atoms with Gasteiger partial charge in [0.1, 0.15) is 11.5 Å². The fourth-order valence-electron chi connectivity index (χ4n) is 3.67. The van der Waals surface area contributed by atoms with E-state index in [1.807, 2.05) is 48.5 Å². The lowest BCUT2D eigenvalue weighted by Crippen LogP contribution is -2.30. The molecule has 3 unspecified atom stereocenters. The van der Waals surface area contributed by atoms with E-state index in [4.69, 9.17) is 9.47 Å². The summed E-state index contributed by atoms with van der Waals surface area (Å²) in [4.78, 5) is 28.0. The third-order valence-corrected chi connectivity index (χ3v) is 7.53. The number of carbonyl (C=O) groups is 1. The predicted molar refractivity (Wildman–Crippen MR) is 112 cm³/mol. The number of methoxy groups -OCH3 is 2. The van der Waals surface area contributed by atoms with Gasteiger partial charge in [-0.05, 0) is 35.4 Å². The first-order chi connectivity index (χ1) is 14.0. The average molecular weight is 430 g/mol. The molecule has 1 aliphatic heterocycles. The highest BCUT2D eigenvalue weighted by Gasteiger charge is 2.45. The number of benzene rings is 2. The number of aliphatic carboxylic acids is 1. The van der Waals surface area contributed by atoms with Crippen LogP contribution in [0.2, 0.25) is 0 Å². The topological polar surface area (TPSA) is 88.6 Å². The maximum atomic E-state index is 12.4. The van der Waals surface area contributed by atoms with Crippen LogP contribution in [0.1, 0.15) is 27.2 Å². The highest BCUT2D eigenvalue weighted by Crippen LogP contribution is 2.55. The van der Waals surface area contributed by atoms with E-state index < -0.39 is 17.8 Å². The Bertz CT molecular complexity index is 1070. The monoisotopic (exact) mass is 429 g/mol. The van der Waals surface area contributed by atoms with Gasteiger partial charge in [-0.1, -0.05) is 47.4 Å². The minimum atomic E-state index is -0.898. The van der Waals surface area contributed by atoms with E-state index in [0.29, 0.717) is 11.5 Å². The molecule has 3 aromatic rings. The molecule has 0 spiro atoms. The van der Waals surface area contributed by atoms with E-state index in [0.717, 1.165) is 32.4 Å². The second-order valence-electron chi connectivity index (χ2n) is 6.63. The minimum Gasteiger partial charge on any atom is -0.497 e. The summed E-state index contributed by atoms with van der Waals surface area (Å²) in [5.74, 6) is -0.671. The summed E-state index contributed by atoms with van der Waals surface area (Å²) in [6, 6.07) is 14.8. The van der Waals surface area contributed by atoms with E-state index >= 15 is 0 Å². The molecule has 6 nitrogen and oxygen atoms in total. The fraction of sp³-hybridized carbons (Fsp3) is 0.238. The summed E-state index contributed by atoms with van der Waals surface area (Å²) in [6.07, 6.45) is 0. The number of nitrogens with one attached hydrogen (secondary N) is 1. The Kier molecular flexibility index (Phi) is 5.38. The molecule has 2 heterocycles. The van der Waals surface area contributed by atoms with Crippen molar-refractivity contribution in [2.45, 2.75) is 16.2 Å². The van der Waals surface area contributed by atoms with E-state index in [-0.39, 0.29) is 10.1 Å². The van der Waals surface area contributed by atoms with Crippen molar-refractivity contribution in [3.05, 3.63) is 74.2 Å². The van der Waals surface area contributed by atoms with Gasteiger partial charge in [0.15, 0.2) is 0 Å². The number of rotatable bonds is 5. The second kappa shape index (κ2) is 7.96. The molecule has 8 heteroatoms. The summed E-state index contributed by atoms with van der Waals surface area (Å²) in [5.41, 5.74) is 1.72. The van der Waals surface area contributed by atoms with Crippen LogP contribution in [0.5, 0.6) is 11.5 Å². The molecular formula is C21H19NO5S2. The molecule has 4 rings (SSSR count). The van der Waals surface area contributed by atoms with Gasteiger partial charge in [-0.3, -0.25) is 9.59 Å². The zero-order chi connectivity index (χ0) is 20.5. The molecule has 0 saturated heterocycles. The Labute approximate surface area is 175 Å². The van der Waals surface area contributed by atoms with Crippen molar-refractivity contribution in [1.29, 1.82) is 0 Å². The van der Waals surface area contributed by atoms with Gasteiger partial charge in [-0.25, -0.2) is 0 Å². The van der Waals surface area contributed by atoms with Crippen molar-refractivity contribution in [2.24, 2.45) is 5.92 Å². The Morgan fingerprint density at radius 3 is 2.03 bits per heavy atom. The molecule has 29 heavy (non-hydrogen) atoms. The number of carboxylic acid groups (broad SMARTS) is 1. The summed E-state index contributed by atoms with van der Waals surface area (Å²) >= 11 is 2.48. The van der Waals surface area contributed by atoms with Crippen molar-refractivity contribution in [2.75, 3.05) is 14.2 Å². The molecule has 2 N–H and O–H groups in total. The zero-order valence-corrected chi connectivity index (χ0v) is 17.4. The van der Waals surface area contributed by atoms with Crippen LogP contribution in [-0.4, -0.2) is 30.3 Å². The molecule has 0 aliphatic carbocycles. The molecule has 0 bridgehead atoms. The van der Waals surface area contributed by atoms with E-state index in [1.165, 1.54) is 11.8 Å². The third-order valence-electron chi connectivity index (χ3n) is 5.06. The number of H-pyrrole nitrogens is 1. The van der Waals surface area contributed by atoms with Gasteiger partial charge in [0.25, 0.3) is 0 Å². The lowest BCUT2D eigenvalue weighted by atomic mass is 9.80. The lowest BCUT2D eigenvalue weighted by molar-refractivity contribution is -0.142. The molecule has 0 radical (unpaired) electrons.